The smallest absolute Gasteiger partial charge is 0.405 e. The lowest BCUT2D eigenvalue weighted by atomic mass is 10.1. The summed E-state index contributed by atoms with van der Waals surface area (Å²) in [6.45, 7) is 8.02. The molecule has 1 fully saturated rings. The Morgan fingerprint density at radius 3 is 2.28 bits per heavy atom. The Kier molecular flexibility index (Phi) is 9.41. The van der Waals surface area contributed by atoms with Gasteiger partial charge in [-0.15, -0.1) is 0 Å². The van der Waals surface area contributed by atoms with Crippen LogP contribution in [0, 0.1) is 0 Å². The molecule has 3 heterocycles. The van der Waals surface area contributed by atoms with E-state index in [0.29, 0.717) is 22.2 Å². The summed E-state index contributed by atoms with van der Waals surface area (Å²) in [4.78, 5) is 19.8. The van der Waals surface area contributed by atoms with E-state index in [1.165, 1.54) is 12.4 Å². The zero-order valence-electron chi connectivity index (χ0n) is 26.1. The molecule has 2 aromatic carbocycles. The Balaban J connectivity index is 1.43. The van der Waals surface area contributed by atoms with Crippen LogP contribution in [0.5, 0.6) is 0 Å². The zero-order chi connectivity index (χ0) is 33.3. The summed E-state index contributed by atoms with van der Waals surface area (Å²) in [6.07, 6.45) is -2.36. The standard InChI is InChI=1S/C33H38F3N5O4Si/c1-21(15-16-38-31(43)33(34,35)36)24-18-41(30-28(24)29(37)39-20-40-30)27-17-25(42)26(45-27)19-44-46(32(2,3)4,22-11-7-5-8-12-22)23-13-9-6-10-14-23/h5-15,18,20,25-27,42H,16-17,19H2,1-4H3,(H,38,43)(H2,37,39,40)/b21-15+/t25?,26-,27-/m1/s1. The number of rotatable bonds is 9. The Morgan fingerprint density at radius 1 is 1.11 bits per heavy atom. The summed E-state index contributed by atoms with van der Waals surface area (Å²) in [5.74, 6) is -1.85. The van der Waals surface area contributed by atoms with Gasteiger partial charge in [0.2, 0.25) is 0 Å². The van der Waals surface area contributed by atoms with Crippen LogP contribution in [0.3, 0.4) is 0 Å². The lowest BCUT2D eigenvalue weighted by molar-refractivity contribution is -0.173. The Bertz CT molecular complexity index is 1670. The predicted octanol–water partition coefficient (Wildman–Crippen LogP) is 4.32. The van der Waals surface area contributed by atoms with E-state index >= 15 is 0 Å². The summed E-state index contributed by atoms with van der Waals surface area (Å²) < 4.78 is 53.1. The summed E-state index contributed by atoms with van der Waals surface area (Å²) >= 11 is 0. The molecule has 3 atom stereocenters. The summed E-state index contributed by atoms with van der Waals surface area (Å²) in [5.41, 5.74) is 7.79. The number of halogens is 3. The fourth-order valence-electron chi connectivity index (χ4n) is 6.14. The number of aliphatic hydroxyl groups is 1. The molecule has 13 heteroatoms. The van der Waals surface area contributed by atoms with Crippen molar-refractivity contribution in [1.82, 2.24) is 19.9 Å². The molecule has 1 amide bonds. The Morgan fingerprint density at radius 2 is 1.72 bits per heavy atom. The van der Waals surface area contributed by atoms with Gasteiger partial charge >= 0.3 is 12.1 Å². The fraction of sp³-hybridized carbons (Fsp3) is 0.364. The van der Waals surface area contributed by atoms with Gasteiger partial charge in [0.15, 0.2) is 0 Å². The second kappa shape index (κ2) is 13.0. The van der Waals surface area contributed by atoms with Crippen LogP contribution in [0.25, 0.3) is 16.6 Å². The van der Waals surface area contributed by atoms with E-state index in [9.17, 15) is 23.1 Å². The summed E-state index contributed by atoms with van der Waals surface area (Å²) in [7, 11) is -2.89. The highest BCUT2D eigenvalue weighted by atomic mass is 28.4. The molecule has 46 heavy (non-hydrogen) atoms. The van der Waals surface area contributed by atoms with Crippen molar-refractivity contribution in [2.24, 2.45) is 0 Å². The van der Waals surface area contributed by atoms with Gasteiger partial charge in [0.05, 0.1) is 18.1 Å². The maximum atomic E-state index is 12.6. The van der Waals surface area contributed by atoms with Crippen molar-refractivity contribution in [2.45, 2.75) is 63.8 Å². The van der Waals surface area contributed by atoms with Crippen LogP contribution in [0.15, 0.2) is 79.3 Å². The number of hydrogen-bond acceptors (Lipinski definition) is 7. The third kappa shape index (κ3) is 6.45. The number of nitrogens with zero attached hydrogens (tertiary/aromatic N) is 3. The molecule has 0 saturated carbocycles. The van der Waals surface area contributed by atoms with Crippen molar-refractivity contribution in [3.63, 3.8) is 0 Å². The average Bonchev–Trinajstić information content (AvgIpc) is 3.58. The zero-order valence-corrected chi connectivity index (χ0v) is 27.1. The van der Waals surface area contributed by atoms with E-state index in [1.54, 1.807) is 17.7 Å². The Labute approximate surface area is 266 Å². The molecule has 9 nitrogen and oxygen atoms in total. The number of alkyl halides is 3. The topological polar surface area (TPSA) is 125 Å². The van der Waals surface area contributed by atoms with Gasteiger partial charge in [-0.05, 0) is 27.9 Å². The molecule has 1 saturated heterocycles. The lowest BCUT2D eigenvalue weighted by Crippen LogP contribution is -2.67. The number of hydrogen-bond donors (Lipinski definition) is 3. The number of fused-ring (bicyclic) bond motifs is 1. The second-order valence-electron chi connectivity index (χ2n) is 12.4. The van der Waals surface area contributed by atoms with Crippen LogP contribution in [0.1, 0.15) is 45.9 Å². The van der Waals surface area contributed by atoms with Crippen molar-refractivity contribution >= 4 is 47.0 Å². The van der Waals surface area contributed by atoms with E-state index in [1.807, 2.05) is 41.7 Å². The van der Waals surface area contributed by atoms with E-state index < -0.39 is 38.8 Å². The molecular formula is C33H38F3N5O4Si. The fourth-order valence-corrected chi connectivity index (χ4v) is 10.7. The molecule has 1 aliphatic heterocycles. The summed E-state index contributed by atoms with van der Waals surface area (Å²) in [6, 6.07) is 20.4. The van der Waals surface area contributed by atoms with Gasteiger partial charge < -0.3 is 29.9 Å². The number of anilines is 1. The van der Waals surface area contributed by atoms with Crippen LogP contribution < -0.4 is 21.4 Å². The van der Waals surface area contributed by atoms with Crippen molar-refractivity contribution in [2.75, 3.05) is 18.9 Å². The number of nitrogens with two attached hydrogens (primary N) is 1. The molecule has 5 rings (SSSR count). The van der Waals surface area contributed by atoms with Gasteiger partial charge in [0, 0.05) is 24.7 Å². The predicted molar refractivity (Wildman–Crippen MR) is 173 cm³/mol. The van der Waals surface area contributed by atoms with Gasteiger partial charge in [-0.25, -0.2) is 9.97 Å². The minimum absolute atomic E-state index is 0.145. The summed E-state index contributed by atoms with van der Waals surface area (Å²) in [5, 5.41) is 15.5. The molecule has 0 bridgehead atoms. The quantitative estimate of drug-likeness (QED) is 0.230. The van der Waals surface area contributed by atoms with E-state index in [2.05, 4.69) is 55.0 Å². The van der Waals surface area contributed by atoms with Gasteiger partial charge in [0.25, 0.3) is 8.32 Å². The maximum absolute atomic E-state index is 12.6. The molecule has 4 N–H and O–H groups in total. The molecule has 4 aromatic rings. The number of carbonyl (C=O) groups excluding carboxylic acids is 1. The molecule has 2 aromatic heterocycles. The molecule has 0 spiro atoms. The van der Waals surface area contributed by atoms with E-state index in [0.717, 1.165) is 10.4 Å². The van der Waals surface area contributed by atoms with E-state index in [-0.39, 0.29) is 30.4 Å². The first-order valence-corrected chi connectivity index (χ1v) is 16.9. The number of aliphatic hydroxyl groups excluding tert-OH is 1. The molecule has 1 unspecified atom stereocenters. The highest BCUT2D eigenvalue weighted by Crippen LogP contribution is 2.39. The molecule has 0 aliphatic carbocycles. The van der Waals surface area contributed by atoms with Gasteiger partial charge in [-0.1, -0.05) is 87.5 Å². The first kappa shape index (κ1) is 33.3. The second-order valence-corrected chi connectivity index (χ2v) is 16.7. The lowest BCUT2D eigenvalue weighted by Gasteiger charge is -2.43. The average molecular weight is 654 g/mol. The number of amides is 1. The number of carbonyl (C=O) groups is 1. The maximum Gasteiger partial charge on any atom is 0.471 e. The molecule has 244 valence electrons. The van der Waals surface area contributed by atoms with E-state index in [4.69, 9.17) is 14.9 Å². The normalized spacial score (nSPS) is 19.5. The third-order valence-corrected chi connectivity index (χ3v) is 13.4. The Hall–Kier alpha value is -4.04. The van der Waals surface area contributed by atoms with Crippen LogP contribution >= 0.6 is 0 Å². The number of nitrogens with one attached hydrogen (secondary N) is 1. The number of aromatic nitrogens is 3. The third-order valence-electron chi connectivity index (χ3n) is 8.39. The van der Waals surface area contributed by atoms with Crippen molar-refractivity contribution in [1.29, 1.82) is 0 Å². The highest BCUT2D eigenvalue weighted by molar-refractivity contribution is 6.99. The SMILES string of the molecule is C/C(=C\CNC(=O)C(F)(F)F)c1cn([C@H]2CC(O)[C@@H](CO[Si](c3ccccc3)(c3ccccc3)C(C)(C)C)O2)c2ncnc(N)c12. The number of ether oxygens (including phenoxy) is 1. The van der Waals surface area contributed by atoms with Gasteiger partial charge in [-0.2, -0.15) is 13.2 Å². The highest BCUT2D eigenvalue weighted by Gasteiger charge is 2.51. The number of nitrogen functional groups attached to an aromatic ring is 1. The first-order valence-electron chi connectivity index (χ1n) is 15.0. The molecule has 1 aliphatic rings. The van der Waals surface area contributed by atoms with Gasteiger partial charge in [-0.3, -0.25) is 4.79 Å². The molecule has 0 radical (unpaired) electrons. The number of benzene rings is 2. The minimum Gasteiger partial charge on any atom is -0.405 e. The first-order chi connectivity index (χ1) is 21.7. The monoisotopic (exact) mass is 653 g/mol. The van der Waals surface area contributed by atoms with Crippen LogP contribution in [-0.2, 0) is 14.0 Å². The van der Waals surface area contributed by atoms with Crippen LogP contribution in [0.4, 0.5) is 19.0 Å². The number of allylic oxidation sites excluding steroid dienone is 1. The minimum atomic E-state index is -4.98. The van der Waals surface area contributed by atoms with Gasteiger partial charge in [0.1, 0.15) is 30.1 Å². The van der Waals surface area contributed by atoms with Crippen molar-refractivity contribution in [3.8, 4) is 0 Å². The van der Waals surface area contributed by atoms with Crippen molar-refractivity contribution in [3.05, 3.63) is 84.8 Å². The van der Waals surface area contributed by atoms with Crippen LogP contribution in [-0.4, -0.2) is 65.4 Å². The largest absolute Gasteiger partial charge is 0.471 e. The van der Waals surface area contributed by atoms with Crippen LogP contribution in [0.2, 0.25) is 5.04 Å². The molecular weight excluding hydrogens is 615 g/mol. The van der Waals surface area contributed by atoms with Crippen molar-refractivity contribution < 1.29 is 32.2 Å².